The van der Waals surface area contributed by atoms with Gasteiger partial charge in [0.1, 0.15) is 5.75 Å². The van der Waals surface area contributed by atoms with E-state index in [4.69, 9.17) is 4.74 Å². The summed E-state index contributed by atoms with van der Waals surface area (Å²) in [5.41, 5.74) is 2.20. The molecule has 0 spiro atoms. The van der Waals surface area contributed by atoms with Crippen molar-refractivity contribution in [2.75, 3.05) is 38.2 Å². The van der Waals surface area contributed by atoms with E-state index in [1.54, 1.807) is 18.4 Å². The van der Waals surface area contributed by atoms with Crippen LogP contribution >= 0.6 is 11.3 Å². The van der Waals surface area contributed by atoms with Crippen molar-refractivity contribution in [2.24, 2.45) is 0 Å². The lowest BCUT2D eigenvalue weighted by molar-refractivity contribution is 0.0751. The second kappa shape index (κ2) is 7.00. The first-order valence-electron chi connectivity index (χ1n) is 8.84. The molecule has 1 aromatic heterocycles. The number of hydrogen-bond donors (Lipinski definition) is 0. The zero-order valence-electron chi connectivity index (χ0n) is 15.1. The van der Waals surface area contributed by atoms with Gasteiger partial charge in [-0.05, 0) is 36.1 Å². The molecule has 0 bridgehead atoms. The van der Waals surface area contributed by atoms with Crippen molar-refractivity contribution in [3.8, 4) is 5.75 Å². The summed E-state index contributed by atoms with van der Waals surface area (Å²) in [5, 5.41) is 1.19. The van der Waals surface area contributed by atoms with Gasteiger partial charge < -0.3 is 14.5 Å². The van der Waals surface area contributed by atoms with Crippen LogP contribution < -0.4 is 9.64 Å². The zero-order chi connectivity index (χ0) is 18.1. The molecule has 1 saturated heterocycles. The van der Waals surface area contributed by atoms with Gasteiger partial charge >= 0.3 is 0 Å². The van der Waals surface area contributed by atoms with Gasteiger partial charge in [0.2, 0.25) is 0 Å². The van der Waals surface area contributed by atoms with Crippen LogP contribution in [0, 0.1) is 6.92 Å². The summed E-state index contributed by atoms with van der Waals surface area (Å²) in [5.74, 6) is 1.04. The topological polar surface area (TPSA) is 32.8 Å². The van der Waals surface area contributed by atoms with E-state index in [9.17, 15) is 4.79 Å². The highest BCUT2D eigenvalue weighted by Crippen LogP contribution is 2.32. The number of aryl methyl sites for hydroxylation is 1. The molecule has 1 fully saturated rings. The van der Waals surface area contributed by atoms with Crippen molar-refractivity contribution < 1.29 is 9.53 Å². The van der Waals surface area contributed by atoms with Crippen molar-refractivity contribution in [3.05, 3.63) is 59.0 Å². The minimum Gasteiger partial charge on any atom is -0.495 e. The summed E-state index contributed by atoms with van der Waals surface area (Å²) < 4.78 is 6.65. The van der Waals surface area contributed by atoms with Crippen molar-refractivity contribution >= 4 is 33.0 Å². The standard InChI is InChI=1S/C21H22N2O2S/c1-15-16-7-3-6-10-19(16)26-20(15)21(24)23-13-11-22(12-14-23)17-8-4-5-9-18(17)25-2/h3-10H,11-14H2,1-2H3. The molecule has 2 heterocycles. The second-order valence-electron chi connectivity index (χ2n) is 6.50. The molecule has 0 radical (unpaired) electrons. The van der Waals surface area contributed by atoms with E-state index in [-0.39, 0.29) is 5.91 Å². The van der Waals surface area contributed by atoms with E-state index < -0.39 is 0 Å². The average molecular weight is 366 g/mol. The number of nitrogens with zero attached hydrogens (tertiary/aromatic N) is 2. The molecule has 26 heavy (non-hydrogen) atoms. The highest BCUT2D eigenvalue weighted by atomic mass is 32.1. The normalized spacial score (nSPS) is 14.7. The molecule has 5 heteroatoms. The van der Waals surface area contributed by atoms with E-state index in [0.29, 0.717) is 0 Å². The summed E-state index contributed by atoms with van der Waals surface area (Å²) >= 11 is 1.60. The Hall–Kier alpha value is -2.53. The third kappa shape index (κ3) is 2.92. The van der Waals surface area contributed by atoms with Gasteiger partial charge in [-0.2, -0.15) is 0 Å². The van der Waals surface area contributed by atoms with Crippen LogP contribution in [0.15, 0.2) is 48.5 Å². The predicted octanol–water partition coefficient (Wildman–Crippen LogP) is 4.18. The summed E-state index contributed by atoms with van der Waals surface area (Å²) in [6.07, 6.45) is 0. The number of rotatable bonds is 3. The van der Waals surface area contributed by atoms with Gasteiger partial charge in [0.25, 0.3) is 5.91 Å². The lowest BCUT2D eigenvalue weighted by Crippen LogP contribution is -2.48. The smallest absolute Gasteiger partial charge is 0.264 e. The Labute approximate surface area is 157 Å². The Bertz CT molecular complexity index is 942. The molecule has 1 aliphatic rings. The Morgan fingerprint density at radius 2 is 1.69 bits per heavy atom. The van der Waals surface area contributed by atoms with Gasteiger partial charge in [-0.15, -0.1) is 11.3 Å². The molecule has 1 aliphatic heterocycles. The largest absolute Gasteiger partial charge is 0.495 e. The highest BCUT2D eigenvalue weighted by molar-refractivity contribution is 7.21. The van der Waals surface area contributed by atoms with Crippen LogP contribution in [-0.2, 0) is 0 Å². The van der Waals surface area contributed by atoms with E-state index in [2.05, 4.69) is 30.0 Å². The van der Waals surface area contributed by atoms with Crippen molar-refractivity contribution in [1.29, 1.82) is 0 Å². The molecule has 4 nitrogen and oxygen atoms in total. The number of anilines is 1. The first kappa shape index (κ1) is 16.9. The van der Waals surface area contributed by atoms with Crippen LogP contribution in [0.3, 0.4) is 0 Å². The molecule has 3 aromatic rings. The SMILES string of the molecule is COc1ccccc1N1CCN(C(=O)c2sc3ccccc3c2C)CC1. The van der Waals surface area contributed by atoms with E-state index in [1.165, 1.54) is 10.1 Å². The second-order valence-corrected chi connectivity index (χ2v) is 7.56. The fourth-order valence-corrected chi connectivity index (χ4v) is 4.74. The monoisotopic (exact) mass is 366 g/mol. The molecule has 0 N–H and O–H groups in total. The summed E-state index contributed by atoms with van der Waals surface area (Å²) in [6, 6.07) is 16.3. The summed E-state index contributed by atoms with van der Waals surface area (Å²) in [6.45, 7) is 5.14. The molecule has 134 valence electrons. The number of hydrogen-bond acceptors (Lipinski definition) is 4. The molecule has 0 atom stereocenters. The van der Waals surface area contributed by atoms with Gasteiger partial charge in [0.05, 0.1) is 17.7 Å². The molecular weight excluding hydrogens is 344 g/mol. The fraction of sp³-hybridized carbons (Fsp3) is 0.286. The van der Waals surface area contributed by atoms with Gasteiger partial charge in [0, 0.05) is 30.9 Å². The molecule has 2 aromatic carbocycles. The van der Waals surface area contributed by atoms with E-state index >= 15 is 0 Å². The number of carbonyl (C=O) groups excluding carboxylic acids is 1. The average Bonchev–Trinajstić information content (AvgIpc) is 3.04. The summed E-state index contributed by atoms with van der Waals surface area (Å²) in [7, 11) is 1.70. The number of fused-ring (bicyclic) bond motifs is 1. The van der Waals surface area contributed by atoms with E-state index in [0.717, 1.165) is 48.1 Å². The number of piperazine rings is 1. The number of para-hydroxylation sites is 2. The highest BCUT2D eigenvalue weighted by Gasteiger charge is 2.26. The Balaban J connectivity index is 1.50. The molecule has 0 aliphatic carbocycles. The molecular formula is C21H22N2O2S. The summed E-state index contributed by atoms with van der Waals surface area (Å²) in [4.78, 5) is 18.2. The van der Waals surface area contributed by atoms with Gasteiger partial charge in [-0.25, -0.2) is 0 Å². The van der Waals surface area contributed by atoms with Crippen molar-refractivity contribution in [3.63, 3.8) is 0 Å². The number of benzene rings is 2. The minimum atomic E-state index is 0.156. The van der Waals surface area contributed by atoms with Crippen LogP contribution in [0.2, 0.25) is 0 Å². The third-order valence-corrected chi connectivity index (χ3v) is 6.29. The van der Waals surface area contributed by atoms with Crippen molar-refractivity contribution in [2.45, 2.75) is 6.92 Å². The van der Waals surface area contributed by atoms with Gasteiger partial charge in [-0.3, -0.25) is 4.79 Å². The maximum absolute atomic E-state index is 13.0. The zero-order valence-corrected chi connectivity index (χ0v) is 15.9. The minimum absolute atomic E-state index is 0.156. The Kier molecular flexibility index (Phi) is 4.55. The maximum Gasteiger partial charge on any atom is 0.264 e. The van der Waals surface area contributed by atoms with Gasteiger partial charge in [-0.1, -0.05) is 30.3 Å². The predicted molar refractivity (Wildman–Crippen MR) is 108 cm³/mol. The fourth-order valence-electron chi connectivity index (χ4n) is 3.56. The Morgan fingerprint density at radius 1 is 1.00 bits per heavy atom. The maximum atomic E-state index is 13.0. The third-order valence-electron chi connectivity index (χ3n) is 5.03. The molecule has 1 amide bonds. The lowest BCUT2D eigenvalue weighted by atomic mass is 10.1. The molecule has 0 saturated carbocycles. The number of methoxy groups -OCH3 is 1. The Morgan fingerprint density at radius 3 is 2.42 bits per heavy atom. The van der Waals surface area contributed by atoms with Crippen LogP contribution in [0.1, 0.15) is 15.2 Å². The number of thiophene rings is 1. The first-order valence-corrected chi connectivity index (χ1v) is 9.66. The quantitative estimate of drug-likeness (QED) is 0.697. The number of amides is 1. The molecule has 0 unspecified atom stereocenters. The van der Waals surface area contributed by atoms with Crippen LogP contribution in [-0.4, -0.2) is 44.1 Å². The molecule has 4 rings (SSSR count). The van der Waals surface area contributed by atoms with E-state index in [1.807, 2.05) is 35.2 Å². The lowest BCUT2D eigenvalue weighted by Gasteiger charge is -2.36. The van der Waals surface area contributed by atoms with Crippen LogP contribution in [0.25, 0.3) is 10.1 Å². The first-order chi connectivity index (χ1) is 12.7. The number of carbonyl (C=O) groups is 1. The van der Waals surface area contributed by atoms with Gasteiger partial charge in [0.15, 0.2) is 0 Å². The van der Waals surface area contributed by atoms with Crippen molar-refractivity contribution in [1.82, 2.24) is 4.90 Å². The number of ether oxygens (including phenoxy) is 1. The van der Waals surface area contributed by atoms with Crippen LogP contribution in [0.4, 0.5) is 5.69 Å². The van der Waals surface area contributed by atoms with Crippen LogP contribution in [0.5, 0.6) is 5.75 Å².